The molecule has 1 saturated heterocycles. The lowest BCUT2D eigenvalue weighted by Gasteiger charge is -2.40. The highest BCUT2D eigenvalue weighted by molar-refractivity contribution is 6.08. The van der Waals surface area contributed by atoms with Gasteiger partial charge in [0, 0.05) is 18.0 Å². The van der Waals surface area contributed by atoms with Crippen LogP contribution in [0.4, 0.5) is 4.79 Å². The van der Waals surface area contributed by atoms with E-state index < -0.39 is 11.6 Å². The number of hydrogen-bond donors (Lipinski definition) is 3. The highest BCUT2D eigenvalue weighted by Crippen LogP contribution is 2.39. The zero-order chi connectivity index (χ0) is 22.2. The minimum Gasteiger partial charge on any atom is -0.508 e. The van der Waals surface area contributed by atoms with Crippen LogP contribution in [0.5, 0.6) is 5.75 Å². The molecule has 3 N–H and O–H groups in total. The average molecular weight is 425 g/mol. The highest BCUT2D eigenvalue weighted by atomic mass is 16.3. The Morgan fingerprint density at radius 2 is 1.94 bits per heavy atom. The molecule has 164 valence electrons. The summed E-state index contributed by atoms with van der Waals surface area (Å²) in [6.07, 6.45) is 3.23. The summed E-state index contributed by atoms with van der Waals surface area (Å²) in [5, 5.41) is 15.0. The number of phenols is 1. The average Bonchev–Trinajstić information content (AvgIpc) is 3.18. The van der Waals surface area contributed by atoms with E-state index in [0.717, 1.165) is 37.8 Å². The fourth-order valence-corrected chi connectivity index (χ4v) is 4.89. The summed E-state index contributed by atoms with van der Waals surface area (Å²) in [5.41, 5.74) is 0.112. The zero-order valence-corrected chi connectivity index (χ0v) is 17.9. The Morgan fingerprint density at radius 3 is 2.58 bits per heavy atom. The molecule has 2 fully saturated rings. The first-order chi connectivity index (χ1) is 14.8. The second-order valence-electron chi connectivity index (χ2n) is 8.99. The Morgan fingerprint density at radius 1 is 1.19 bits per heavy atom. The standard InChI is InChI=1S/C23H28N4O4/c1-26(2)11-3-4-15-5-8-17(9-6-15)23(21(30)24-22(31)25-23)14-27-13-16-7-10-18(28)12-19(16)20(27)29/h7,10,12,15,17,28H,5-6,8-9,11,13-14H2,1-2H3,(H2,24,25,30,31)/t15?,17?,23-/m0/s1. The third-order valence-corrected chi connectivity index (χ3v) is 6.51. The van der Waals surface area contributed by atoms with Crippen molar-refractivity contribution >= 4 is 17.8 Å². The number of aromatic hydroxyl groups is 1. The van der Waals surface area contributed by atoms with Gasteiger partial charge >= 0.3 is 6.03 Å². The van der Waals surface area contributed by atoms with Crippen molar-refractivity contribution in [3.8, 4) is 17.6 Å². The number of rotatable bonds is 4. The first kappa shape index (κ1) is 21.2. The maximum absolute atomic E-state index is 12.9. The predicted molar refractivity (Wildman–Crippen MR) is 114 cm³/mol. The summed E-state index contributed by atoms with van der Waals surface area (Å²) in [6.45, 7) is 1.18. The van der Waals surface area contributed by atoms with E-state index in [1.165, 1.54) is 6.07 Å². The fourth-order valence-electron chi connectivity index (χ4n) is 4.89. The largest absolute Gasteiger partial charge is 0.508 e. The van der Waals surface area contributed by atoms with Crippen LogP contribution in [-0.4, -0.2) is 65.5 Å². The molecule has 0 radical (unpaired) electrons. The molecule has 2 heterocycles. The molecule has 8 nitrogen and oxygen atoms in total. The minimum atomic E-state index is -1.14. The molecular weight excluding hydrogens is 396 g/mol. The van der Waals surface area contributed by atoms with Crippen molar-refractivity contribution in [1.29, 1.82) is 0 Å². The number of fused-ring (bicyclic) bond motifs is 1. The molecule has 1 saturated carbocycles. The molecule has 3 aliphatic rings. The molecule has 1 atom stereocenters. The fraction of sp³-hybridized carbons (Fsp3) is 0.522. The first-order valence-electron chi connectivity index (χ1n) is 10.7. The topological polar surface area (TPSA) is 102 Å². The summed E-state index contributed by atoms with van der Waals surface area (Å²) < 4.78 is 0. The number of carbonyl (C=O) groups is 3. The van der Waals surface area contributed by atoms with E-state index in [1.807, 2.05) is 19.0 Å². The van der Waals surface area contributed by atoms with Crippen molar-refractivity contribution in [2.75, 3.05) is 27.2 Å². The molecule has 31 heavy (non-hydrogen) atoms. The molecule has 1 aliphatic carbocycles. The van der Waals surface area contributed by atoms with Gasteiger partial charge in [-0.1, -0.05) is 17.9 Å². The van der Waals surface area contributed by atoms with Gasteiger partial charge in [-0.2, -0.15) is 0 Å². The second-order valence-corrected chi connectivity index (χ2v) is 8.99. The quantitative estimate of drug-likeness (QED) is 0.500. The SMILES string of the molecule is CN(C)CC#CC1CCC([C@]2(CN3Cc4ccc(O)cc4C3=O)NC(=O)NC2=O)CC1. The molecule has 4 amide bonds. The number of carbonyl (C=O) groups excluding carboxylic acids is 3. The van der Waals surface area contributed by atoms with Crippen LogP contribution < -0.4 is 10.6 Å². The second kappa shape index (κ2) is 8.23. The Balaban J connectivity index is 1.50. The van der Waals surface area contributed by atoms with Crippen LogP contribution in [0.2, 0.25) is 0 Å². The van der Waals surface area contributed by atoms with Crippen molar-refractivity contribution in [2.45, 2.75) is 37.8 Å². The number of nitrogens with one attached hydrogen (secondary N) is 2. The maximum atomic E-state index is 12.9. The molecule has 1 aromatic rings. The van der Waals surface area contributed by atoms with Gasteiger partial charge in [0.15, 0.2) is 0 Å². The lowest BCUT2D eigenvalue weighted by molar-refractivity contribution is -0.127. The molecule has 0 aromatic heterocycles. The summed E-state index contributed by atoms with van der Waals surface area (Å²) in [7, 11) is 3.96. The third kappa shape index (κ3) is 4.10. The monoisotopic (exact) mass is 424 g/mol. The van der Waals surface area contributed by atoms with E-state index in [2.05, 4.69) is 22.5 Å². The van der Waals surface area contributed by atoms with Gasteiger partial charge in [-0.25, -0.2) is 4.79 Å². The van der Waals surface area contributed by atoms with Gasteiger partial charge < -0.3 is 15.3 Å². The number of amides is 4. The third-order valence-electron chi connectivity index (χ3n) is 6.51. The minimum absolute atomic E-state index is 0.0317. The number of imide groups is 1. The summed E-state index contributed by atoms with van der Waals surface area (Å²) in [6, 6.07) is 4.21. The lowest BCUT2D eigenvalue weighted by Crippen LogP contribution is -2.60. The van der Waals surface area contributed by atoms with Crippen LogP contribution >= 0.6 is 0 Å². The van der Waals surface area contributed by atoms with Gasteiger partial charge in [0.05, 0.1) is 13.1 Å². The van der Waals surface area contributed by atoms with Crippen molar-refractivity contribution < 1.29 is 19.5 Å². The predicted octanol–water partition coefficient (Wildman–Crippen LogP) is 1.30. The molecule has 4 rings (SSSR count). The number of benzene rings is 1. The van der Waals surface area contributed by atoms with Gasteiger partial charge in [0.25, 0.3) is 11.8 Å². The van der Waals surface area contributed by atoms with Gasteiger partial charge in [-0.05, 0) is 63.4 Å². The highest BCUT2D eigenvalue weighted by Gasteiger charge is 2.54. The smallest absolute Gasteiger partial charge is 0.322 e. The van der Waals surface area contributed by atoms with Gasteiger partial charge in [0.2, 0.25) is 0 Å². The Labute approximate surface area is 182 Å². The van der Waals surface area contributed by atoms with Crippen LogP contribution in [0, 0.1) is 23.7 Å². The van der Waals surface area contributed by atoms with Crippen molar-refractivity contribution in [3.63, 3.8) is 0 Å². The van der Waals surface area contributed by atoms with Crippen molar-refractivity contribution in [3.05, 3.63) is 29.3 Å². The Kier molecular flexibility index (Phi) is 5.63. The summed E-state index contributed by atoms with van der Waals surface area (Å²) in [5.74, 6) is 6.16. The van der Waals surface area contributed by atoms with Crippen molar-refractivity contribution in [2.24, 2.45) is 11.8 Å². The van der Waals surface area contributed by atoms with Crippen LogP contribution in [0.3, 0.4) is 0 Å². The Hall–Kier alpha value is -3.05. The molecular formula is C23H28N4O4. The van der Waals surface area contributed by atoms with E-state index in [-0.39, 0.29) is 35.9 Å². The van der Waals surface area contributed by atoms with Gasteiger partial charge in [0.1, 0.15) is 11.3 Å². The van der Waals surface area contributed by atoms with Crippen LogP contribution in [0.1, 0.15) is 41.6 Å². The van der Waals surface area contributed by atoms with E-state index in [0.29, 0.717) is 12.1 Å². The van der Waals surface area contributed by atoms with Crippen LogP contribution in [0.25, 0.3) is 0 Å². The van der Waals surface area contributed by atoms with Gasteiger partial charge in [-0.15, -0.1) is 0 Å². The molecule has 0 unspecified atom stereocenters. The van der Waals surface area contributed by atoms with Crippen LogP contribution in [0.15, 0.2) is 18.2 Å². The molecule has 1 aromatic carbocycles. The lowest BCUT2D eigenvalue weighted by atomic mass is 9.71. The number of hydrogen-bond acceptors (Lipinski definition) is 5. The van der Waals surface area contributed by atoms with Crippen molar-refractivity contribution in [1.82, 2.24) is 20.4 Å². The van der Waals surface area contributed by atoms with Crippen LogP contribution in [-0.2, 0) is 11.3 Å². The number of urea groups is 1. The summed E-state index contributed by atoms with van der Waals surface area (Å²) in [4.78, 5) is 41.6. The van der Waals surface area contributed by atoms with E-state index in [4.69, 9.17) is 0 Å². The number of nitrogens with zero attached hydrogens (tertiary/aromatic N) is 2. The number of phenolic OH excluding ortho intramolecular Hbond substituents is 1. The van der Waals surface area contributed by atoms with E-state index in [9.17, 15) is 19.5 Å². The molecule has 2 aliphatic heterocycles. The zero-order valence-electron chi connectivity index (χ0n) is 17.9. The first-order valence-corrected chi connectivity index (χ1v) is 10.7. The molecule has 0 spiro atoms. The van der Waals surface area contributed by atoms with E-state index in [1.54, 1.807) is 17.0 Å². The van der Waals surface area contributed by atoms with E-state index >= 15 is 0 Å². The molecule has 0 bridgehead atoms. The maximum Gasteiger partial charge on any atom is 0.322 e. The summed E-state index contributed by atoms with van der Waals surface area (Å²) >= 11 is 0. The van der Waals surface area contributed by atoms with Gasteiger partial charge in [-0.3, -0.25) is 19.8 Å². The molecule has 8 heteroatoms. The Bertz CT molecular complexity index is 972. The normalized spacial score (nSPS) is 27.6.